The van der Waals surface area contributed by atoms with Gasteiger partial charge in [-0.15, -0.1) is 5.92 Å². The van der Waals surface area contributed by atoms with Crippen LogP contribution in [0.4, 0.5) is 0 Å². The highest BCUT2D eigenvalue weighted by molar-refractivity contribution is 6.30. The minimum Gasteiger partial charge on any atom is -0.273 e. The quantitative estimate of drug-likeness (QED) is 0.779. The topological polar surface area (TPSA) is 45.6 Å². The maximum atomic E-state index is 11.7. The van der Waals surface area contributed by atoms with Crippen molar-refractivity contribution < 1.29 is 4.79 Å². The van der Waals surface area contributed by atoms with Crippen molar-refractivity contribution in [3.05, 3.63) is 29.0 Å². The monoisotopic (exact) mass is 275 g/mol. The smallest absolute Gasteiger partial charge is 0.243 e. The molecule has 0 atom stereocenters. The van der Waals surface area contributed by atoms with Gasteiger partial charge in [0, 0.05) is 25.5 Å². The molecular weight excluding hydrogens is 262 g/mol. The second-order valence-electron chi connectivity index (χ2n) is 4.07. The third-order valence-electron chi connectivity index (χ3n) is 2.66. The van der Waals surface area contributed by atoms with E-state index in [9.17, 15) is 4.79 Å². The Morgan fingerprint density at radius 1 is 1.37 bits per heavy atom. The van der Waals surface area contributed by atoms with Crippen LogP contribution in [0.3, 0.4) is 0 Å². The van der Waals surface area contributed by atoms with Gasteiger partial charge in [0.15, 0.2) is 0 Å². The van der Waals surface area contributed by atoms with E-state index < -0.39 is 0 Å². The van der Waals surface area contributed by atoms with E-state index >= 15 is 0 Å². The molecule has 0 saturated heterocycles. The fraction of sp³-hybridized carbons (Fsp3) is 0.357. The summed E-state index contributed by atoms with van der Waals surface area (Å²) in [4.78, 5) is 16.0. The van der Waals surface area contributed by atoms with E-state index in [4.69, 9.17) is 11.6 Å². The highest BCUT2D eigenvalue weighted by Gasteiger charge is 2.21. The molecule has 5 heteroatoms. The van der Waals surface area contributed by atoms with Crippen molar-refractivity contribution in [1.82, 2.24) is 9.99 Å². The van der Waals surface area contributed by atoms with Crippen LogP contribution in [-0.4, -0.2) is 28.2 Å². The molecule has 1 aliphatic rings. The Kier molecular flexibility index (Phi) is 4.53. The molecule has 1 amide bonds. The lowest BCUT2D eigenvalue weighted by Crippen LogP contribution is -2.32. The highest BCUT2D eigenvalue weighted by atomic mass is 35.5. The minimum atomic E-state index is 0.00289. The molecule has 0 aliphatic carbocycles. The van der Waals surface area contributed by atoms with E-state index in [-0.39, 0.29) is 5.91 Å². The molecule has 1 aromatic heterocycles. The molecule has 0 saturated carbocycles. The van der Waals surface area contributed by atoms with Gasteiger partial charge in [-0.05, 0) is 12.1 Å². The molecule has 1 aliphatic heterocycles. The fourth-order valence-corrected chi connectivity index (χ4v) is 1.82. The minimum absolute atomic E-state index is 0.00289. The van der Waals surface area contributed by atoms with Crippen LogP contribution in [0, 0.1) is 11.8 Å². The largest absolute Gasteiger partial charge is 0.273 e. The van der Waals surface area contributed by atoms with Gasteiger partial charge in [-0.3, -0.25) is 9.78 Å². The number of pyridine rings is 1. The Bertz CT molecular complexity index is 554. The summed E-state index contributed by atoms with van der Waals surface area (Å²) in [6, 6.07) is 3.58. The van der Waals surface area contributed by atoms with Crippen LogP contribution in [0.15, 0.2) is 23.4 Å². The van der Waals surface area contributed by atoms with E-state index in [0.717, 1.165) is 17.8 Å². The van der Waals surface area contributed by atoms with Gasteiger partial charge in [0.25, 0.3) is 0 Å². The number of carbonyl (C=O) groups excluding carboxylic acids is 1. The summed E-state index contributed by atoms with van der Waals surface area (Å²) in [5, 5.41) is 6.33. The number of halogens is 1. The first kappa shape index (κ1) is 13.6. The lowest BCUT2D eigenvalue weighted by Gasteiger charge is -2.21. The molecule has 0 spiro atoms. The van der Waals surface area contributed by atoms with Crippen molar-refractivity contribution in [2.24, 2.45) is 5.10 Å². The van der Waals surface area contributed by atoms with Gasteiger partial charge in [0.2, 0.25) is 5.91 Å². The Labute approximate surface area is 117 Å². The first-order chi connectivity index (χ1) is 9.20. The van der Waals surface area contributed by atoms with Gasteiger partial charge >= 0.3 is 0 Å². The predicted octanol–water partition coefficient (Wildman–Crippen LogP) is 2.47. The first-order valence-electron chi connectivity index (χ1n) is 6.16. The van der Waals surface area contributed by atoms with Crippen molar-refractivity contribution in [3.63, 3.8) is 0 Å². The molecule has 0 aromatic carbocycles. The van der Waals surface area contributed by atoms with Crippen LogP contribution in [-0.2, 0) is 4.79 Å². The summed E-state index contributed by atoms with van der Waals surface area (Å²) in [7, 11) is 0. The molecule has 4 nitrogen and oxygen atoms in total. The average Bonchev–Trinajstić information content (AvgIpc) is 2.42. The second-order valence-corrected chi connectivity index (χ2v) is 4.50. The third-order valence-corrected chi connectivity index (χ3v) is 2.88. The van der Waals surface area contributed by atoms with E-state index in [1.807, 2.05) is 13.0 Å². The van der Waals surface area contributed by atoms with E-state index in [2.05, 4.69) is 21.9 Å². The first-order valence-corrected chi connectivity index (χ1v) is 6.54. The maximum absolute atomic E-state index is 11.7. The summed E-state index contributed by atoms with van der Waals surface area (Å²) in [6.07, 6.45) is 3.40. The van der Waals surface area contributed by atoms with Crippen LogP contribution < -0.4 is 0 Å². The van der Waals surface area contributed by atoms with E-state index in [0.29, 0.717) is 24.4 Å². The maximum Gasteiger partial charge on any atom is 0.243 e. The number of hydrogen-bond acceptors (Lipinski definition) is 3. The third kappa shape index (κ3) is 3.55. The zero-order valence-electron chi connectivity index (χ0n) is 10.7. The van der Waals surface area contributed by atoms with Gasteiger partial charge in [-0.1, -0.05) is 24.4 Å². The number of carbonyl (C=O) groups is 1. The normalized spacial score (nSPS) is 14.7. The van der Waals surface area contributed by atoms with Crippen molar-refractivity contribution in [3.8, 4) is 11.8 Å². The van der Waals surface area contributed by atoms with Crippen molar-refractivity contribution in [2.75, 3.05) is 6.54 Å². The number of aromatic nitrogens is 1. The van der Waals surface area contributed by atoms with Gasteiger partial charge in [-0.2, -0.15) is 5.10 Å². The van der Waals surface area contributed by atoms with E-state index in [1.54, 1.807) is 12.3 Å². The van der Waals surface area contributed by atoms with Crippen molar-refractivity contribution >= 4 is 23.2 Å². The fourth-order valence-electron chi connectivity index (χ4n) is 1.71. The van der Waals surface area contributed by atoms with Gasteiger partial charge < -0.3 is 0 Å². The Hall–Kier alpha value is -1.86. The number of nitrogens with zero attached hydrogens (tertiary/aromatic N) is 3. The second kappa shape index (κ2) is 6.35. The molecule has 0 bridgehead atoms. The Balaban J connectivity index is 2.18. The molecule has 19 heavy (non-hydrogen) atoms. The molecule has 0 radical (unpaired) electrons. The molecule has 2 heterocycles. The van der Waals surface area contributed by atoms with Gasteiger partial charge in [-0.25, -0.2) is 5.01 Å². The predicted molar refractivity (Wildman–Crippen MR) is 74.8 cm³/mol. The Morgan fingerprint density at radius 3 is 2.89 bits per heavy atom. The molecule has 0 fully saturated rings. The summed E-state index contributed by atoms with van der Waals surface area (Å²) < 4.78 is 0. The average molecular weight is 276 g/mol. The van der Waals surface area contributed by atoms with Crippen LogP contribution >= 0.6 is 11.6 Å². The SMILES string of the molecule is CCC#CCN1N=C(c2ccc(Cl)cn2)CCC1=O. The zero-order chi connectivity index (χ0) is 13.7. The van der Waals surface area contributed by atoms with Crippen LogP contribution in [0.5, 0.6) is 0 Å². The molecule has 1 aromatic rings. The van der Waals surface area contributed by atoms with Gasteiger partial charge in [0.1, 0.15) is 6.54 Å². The number of rotatable bonds is 2. The van der Waals surface area contributed by atoms with Crippen LogP contribution in [0.1, 0.15) is 31.9 Å². The molecule has 98 valence electrons. The number of hydrazone groups is 1. The number of hydrogen-bond donors (Lipinski definition) is 0. The molecule has 0 N–H and O–H groups in total. The lowest BCUT2D eigenvalue weighted by atomic mass is 10.1. The summed E-state index contributed by atoms with van der Waals surface area (Å²) in [5.74, 6) is 5.86. The van der Waals surface area contributed by atoms with E-state index in [1.165, 1.54) is 5.01 Å². The summed E-state index contributed by atoms with van der Waals surface area (Å²) >= 11 is 5.80. The molecular formula is C14H14ClN3O. The summed E-state index contributed by atoms with van der Waals surface area (Å²) in [6.45, 7) is 2.31. The zero-order valence-corrected chi connectivity index (χ0v) is 11.4. The number of amides is 1. The molecule has 2 rings (SSSR count). The van der Waals surface area contributed by atoms with Crippen molar-refractivity contribution in [2.45, 2.75) is 26.2 Å². The summed E-state index contributed by atoms with van der Waals surface area (Å²) in [5.41, 5.74) is 1.56. The van der Waals surface area contributed by atoms with Crippen LogP contribution in [0.25, 0.3) is 0 Å². The standard InChI is InChI=1S/C14H14ClN3O/c1-2-3-4-9-18-14(19)8-7-13(17-18)12-6-5-11(15)10-16-12/h5-6,10H,2,7-9H2,1H3. The molecule has 0 unspecified atom stereocenters. The lowest BCUT2D eigenvalue weighted by molar-refractivity contribution is -0.131. The van der Waals surface area contributed by atoms with Crippen molar-refractivity contribution in [1.29, 1.82) is 0 Å². The highest BCUT2D eigenvalue weighted by Crippen LogP contribution is 2.15. The Morgan fingerprint density at radius 2 is 2.21 bits per heavy atom. The van der Waals surface area contributed by atoms with Gasteiger partial charge in [0.05, 0.1) is 16.4 Å². The van der Waals surface area contributed by atoms with Crippen LogP contribution in [0.2, 0.25) is 5.02 Å².